The Bertz CT molecular complexity index is 565. The molecule has 1 aliphatic rings. The number of fused-ring (bicyclic) bond motifs is 1. The Kier molecular flexibility index (Phi) is 2.29. The summed E-state index contributed by atoms with van der Waals surface area (Å²) in [5, 5.41) is 1.19. The molecular formula is C12H10N2OS. The lowest BCUT2D eigenvalue weighted by atomic mass is 10.1. The van der Waals surface area contributed by atoms with Gasteiger partial charge in [-0.2, -0.15) is 4.98 Å². The second-order valence-corrected chi connectivity index (χ2v) is 4.89. The number of aromatic nitrogens is 2. The lowest BCUT2D eigenvalue weighted by molar-refractivity contribution is 0.631. The van der Waals surface area contributed by atoms with E-state index in [1.54, 1.807) is 11.8 Å². The standard InChI is InChI=1S/C12H10N2OS/c15-11-6-7-14-8-10(16-12(14)13-11)9-4-2-1-3-5-9/h1-7,10H,8H2. The van der Waals surface area contributed by atoms with Crippen molar-refractivity contribution in [3.8, 4) is 0 Å². The van der Waals surface area contributed by atoms with Crippen molar-refractivity contribution in [3.63, 3.8) is 0 Å². The van der Waals surface area contributed by atoms with Crippen LogP contribution in [0.4, 0.5) is 0 Å². The number of rotatable bonds is 1. The lowest BCUT2D eigenvalue weighted by Crippen LogP contribution is -2.09. The number of nitrogens with zero attached hydrogens (tertiary/aromatic N) is 2. The maximum absolute atomic E-state index is 11.1. The average molecular weight is 230 g/mol. The normalized spacial score (nSPS) is 18.4. The van der Waals surface area contributed by atoms with Gasteiger partial charge in [0.25, 0.3) is 5.56 Å². The summed E-state index contributed by atoms with van der Waals surface area (Å²) < 4.78 is 2.03. The first-order valence-electron chi connectivity index (χ1n) is 5.12. The van der Waals surface area contributed by atoms with E-state index in [1.165, 1.54) is 11.6 Å². The van der Waals surface area contributed by atoms with Crippen LogP contribution < -0.4 is 5.56 Å². The average Bonchev–Trinajstić information content (AvgIpc) is 2.73. The summed E-state index contributed by atoms with van der Waals surface area (Å²) in [6, 6.07) is 11.8. The molecule has 1 aromatic heterocycles. The first-order valence-corrected chi connectivity index (χ1v) is 6.00. The van der Waals surface area contributed by atoms with Crippen molar-refractivity contribution >= 4 is 11.8 Å². The van der Waals surface area contributed by atoms with Crippen molar-refractivity contribution < 1.29 is 0 Å². The predicted molar refractivity (Wildman–Crippen MR) is 63.5 cm³/mol. The monoisotopic (exact) mass is 230 g/mol. The Labute approximate surface area is 97.1 Å². The molecule has 3 nitrogen and oxygen atoms in total. The molecule has 0 radical (unpaired) electrons. The molecule has 80 valence electrons. The van der Waals surface area contributed by atoms with Crippen LogP contribution in [0.3, 0.4) is 0 Å². The van der Waals surface area contributed by atoms with Crippen molar-refractivity contribution in [2.75, 3.05) is 0 Å². The van der Waals surface area contributed by atoms with Crippen molar-refractivity contribution in [1.29, 1.82) is 0 Å². The number of hydrogen-bond acceptors (Lipinski definition) is 3. The smallest absolute Gasteiger partial charge is 0.273 e. The highest BCUT2D eigenvalue weighted by atomic mass is 32.2. The van der Waals surface area contributed by atoms with Gasteiger partial charge >= 0.3 is 0 Å². The van der Waals surface area contributed by atoms with Crippen LogP contribution in [0.15, 0.2) is 52.5 Å². The highest BCUT2D eigenvalue weighted by Crippen LogP contribution is 2.40. The van der Waals surface area contributed by atoms with Crippen LogP contribution in [-0.4, -0.2) is 9.55 Å². The minimum atomic E-state index is -0.160. The fraction of sp³-hybridized carbons (Fsp3) is 0.167. The van der Waals surface area contributed by atoms with Crippen LogP contribution in [0.25, 0.3) is 0 Å². The fourth-order valence-corrected chi connectivity index (χ4v) is 3.03. The molecule has 0 aliphatic carbocycles. The second-order valence-electron chi connectivity index (χ2n) is 3.72. The molecule has 1 aromatic carbocycles. The van der Waals surface area contributed by atoms with E-state index in [4.69, 9.17) is 0 Å². The van der Waals surface area contributed by atoms with Gasteiger partial charge in [-0.1, -0.05) is 42.1 Å². The van der Waals surface area contributed by atoms with E-state index in [9.17, 15) is 4.79 Å². The molecule has 2 aromatic rings. The van der Waals surface area contributed by atoms with Gasteiger partial charge in [-0.05, 0) is 5.56 Å². The van der Waals surface area contributed by atoms with Crippen LogP contribution in [0, 0.1) is 0 Å². The lowest BCUT2D eigenvalue weighted by Gasteiger charge is -2.06. The molecule has 0 spiro atoms. The van der Waals surface area contributed by atoms with Gasteiger partial charge in [-0.15, -0.1) is 0 Å². The van der Waals surface area contributed by atoms with Gasteiger partial charge in [0.05, 0.1) is 5.25 Å². The van der Waals surface area contributed by atoms with Crippen LogP contribution in [0.1, 0.15) is 10.8 Å². The van der Waals surface area contributed by atoms with Gasteiger partial charge in [0.2, 0.25) is 0 Å². The SMILES string of the molecule is O=c1ccn2c(n1)SC(c1ccccc1)C2. The molecule has 0 fully saturated rings. The number of hydrogen-bond donors (Lipinski definition) is 0. The maximum atomic E-state index is 11.1. The molecule has 0 saturated carbocycles. The molecule has 0 bridgehead atoms. The number of thioether (sulfide) groups is 1. The molecule has 0 amide bonds. The Balaban J connectivity index is 1.94. The van der Waals surface area contributed by atoms with Crippen LogP contribution in [0.2, 0.25) is 0 Å². The molecule has 4 heteroatoms. The van der Waals surface area contributed by atoms with E-state index in [-0.39, 0.29) is 5.56 Å². The molecule has 1 unspecified atom stereocenters. The number of benzene rings is 1. The van der Waals surface area contributed by atoms with Gasteiger partial charge in [0, 0.05) is 18.8 Å². The highest BCUT2D eigenvalue weighted by molar-refractivity contribution is 7.99. The first kappa shape index (κ1) is 9.66. The van der Waals surface area contributed by atoms with E-state index >= 15 is 0 Å². The summed E-state index contributed by atoms with van der Waals surface area (Å²) in [5.74, 6) is 0. The Hall–Kier alpha value is -1.55. The van der Waals surface area contributed by atoms with Crippen molar-refractivity contribution in [3.05, 3.63) is 58.5 Å². The van der Waals surface area contributed by atoms with Gasteiger partial charge in [0.1, 0.15) is 0 Å². The van der Waals surface area contributed by atoms with Gasteiger partial charge in [-0.3, -0.25) is 4.79 Å². The zero-order chi connectivity index (χ0) is 11.0. The van der Waals surface area contributed by atoms with Gasteiger partial charge in [0.15, 0.2) is 5.16 Å². The summed E-state index contributed by atoms with van der Waals surface area (Å²) in [6.45, 7) is 0.886. The van der Waals surface area contributed by atoms with Crippen LogP contribution in [-0.2, 0) is 6.54 Å². The van der Waals surface area contributed by atoms with Crippen LogP contribution >= 0.6 is 11.8 Å². The molecule has 0 saturated heterocycles. The second kappa shape index (κ2) is 3.79. The van der Waals surface area contributed by atoms with Crippen molar-refractivity contribution in [2.45, 2.75) is 17.0 Å². The Morgan fingerprint density at radius 2 is 2.06 bits per heavy atom. The van der Waals surface area contributed by atoms with E-state index < -0.39 is 0 Å². The van der Waals surface area contributed by atoms with E-state index in [2.05, 4.69) is 17.1 Å². The molecule has 0 N–H and O–H groups in total. The largest absolute Gasteiger partial charge is 0.326 e. The third-order valence-corrected chi connectivity index (χ3v) is 3.87. The minimum absolute atomic E-state index is 0.160. The minimum Gasteiger partial charge on any atom is -0.326 e. The molecular weight excluding hydrogens is 220 g/mol. The quantitative estimate of drug-likeness (QED) is 0.704. The third-order valence-electron chi connectivity index (χ3n) is 2.63. The summed E-state index contributed by atoms with van der Waals surface area (Å²) >= 11 is 1.66. The van der Waals surface area contributed by atoms with E-state index in [1.807, 2.05) is 29.0 Å². The Morgan fingerprint density at radius 3 is 2.88 bits per heavy atom. The van der Waals surface area contributed by atoms with Crippen molar-refractivity contribution in [1.82, 2.24) is 9.55 Å². The first-order chi connectivity index (χ1) is 7.83. The van der Waals surface area contributed by atoms with Crippen molar-refractivity contribution in [2.24, 2.45) is 0 Å². The van der Waals surface area contributed by atoms with Gasteiger partial charge < -0.3 is 4.57 Å². The molecule has 2 heterocycles. The van der Waals surface area contributed by atoms with E-state index in [0.29, 0.717) is 5.25 Å². The zero-order valence-electron chi connectivity index (χ0n) is 8.54. The summed E-state index contributed by atoms with van der Waals surface area (Å²) in [6.07, 6.45) is 1.82. The fourth-order valence-electron chi connectivity index (χ4n) is 1.83. The molecule has 1 aliphatic heterocycles. The topological polar surface area (TPSA) is 34.9 Å². The molecule has 16 heavy (non-hydrogen) atoms. The highest BCUT2D eigenvalue weighted by Gasteiger charge is 2.23. The zero-order valence-corrected chi connectivity index (χ0v) is 9.35. The Morgan fingerprint density at radius 1 is 1.25 bits per heavy atom. The third kappa shape index (κ3) is 1.65. The van der Waals surface area contributed by atoms with Gasteiger partial charge in [-0.25, -0.2) is 0 Å². The molecule has 3 rings (SSSR count). The van der Waals surface area contributed by atoms with E-state index in [0.717, 1.165) is 11.7 Å². The summed E-state index contributed by atoms with van der Waals surface area (Å²) in [7, 11) is 0. The maximum Gasteiger partial charge on any atom is 0.273 e. The predicted octanol–water partition coefficient (Wildman–Crippen LogP) is 2.09. The van der Waals surface area contributed by atoms with Crippen LogP contribution in [0.5, 0.6) is 0 Å². The summed E-state index contributed by atoms with van der Waals surface area (Å²) in [4.78, 5) is 15.1. The molecule has 1 atom stereocenters. The summed E-state index contributed by atoms with van der Waals surface area (Å²) in [5.41, 5.74) is 1.12.